The SMILES string of the molecule is [B-][P+](CC)(CC)CO. The molecule has 0 saturated carbocycles. The zero-order chi connectivity index (χ0) is 6.62. The van der Waals surface area contributed by atoms with E-state index >= 15 is 0 Å². The van der Waals surface area contributed by atoms with Gasteiger partial charge in [0.25, 0.3) is 0 Å². The van der Waals surface area contributed by atoms with Crippen molar-refractivity contribution in [1.82, 2.24) is 0 Å². The van der Waals surface area contributed by atoms with Crippen molar-refractivity contribution in [3.8, 4) is 0 Å². The summed E-state index contributed by atoms with van der Waals surface area (Å²) in [5, 5.41) is 8.71. The van der Waals surface area contributed by atoms with Crippen molar-refractivity contribution in [3.63, 3.8) is 0 Å². The maximum absolute atomic E-state index is 8.71. The number of aliphatic hydroxyl groups excluding tert-OH is 1. The van der Waals surface area contributed by atoms with Gasteiger partial charge in [-0.05, 0) is 13.8 Å². The second-order valence-corrected chi connectivity index (χ2v) is 5.98. The van der Waals surface area contributed by atoms with Crippen LogP contribution >= 0.6 is 7.14 Å². The van der Waals surface area contributed by atoms with Crippen molar-refractivity contribution in [2.24, 2.45) is 0 Å². The van der Waals surface area contributed by atoms with Gasteiger partial charge in [0.15, 0.2) is 0 Å². The molecule has 0 spiro atoms. The summed E-state index contributed by atoms with van der Waals surface area (Å²) in [5.74, 6) is 0. The molecule has 0 saturated heterocycles. The number of hydrogen-bond donors (Lipinski definition) is 1. The van der Waals surface area contributed by atoms with E-state index in [1.807, 2.05) is 13.8 Å². The van der Waals surface area contributed by atoms with Crippen molar-refractivity contribution >= 4 is 14.7 Å². The van der Waals surface area contributed by atoms with Crippen LogP contribution in [0.5, 0.6) is 0 Å². The van der Waals surface area contributed by atoms with Crippen LogP contribution in [0, 0.1) is 0 Å². The van der Waals surface area contributed by atoms with Crippen LogP contribution in [0.2, 0.25) is 0 Å². The Bertz CT molecular complexity index is 55.2. The Morgan fingerprint density at radius 3 is 1.75 bits per heavy atom. The van der Waals surface area contributed by atoms with Gasteiger partial charge < -0.3 is 12.7 Å². The second-order valence-electron chi connectivity index (χ2n) is 1.99. The van der Waals surface area contributed by atoms with Gasteiger partial charge in [-0.3, -0.25) is 0 Å². The molecule has 0 aromatic carbocycles. The van der Waals surface area contributed by atoms with Gasteiger partial charge in [0, 0.05) is 12.3 Å². The first-order chi connectivity index (χ1) is 3.68. The molecule has 0 bridgehead atoms. The fraction of sp³-hybridized carbons (Fsp3) is 1.00. The van der Waals surface area contributed by atoms with Crippen molar-refractivity contribution in [1.29, 1.82) is 0 Å². The summed E-state index contributed by atoms with van der Waals surface area (Å²) in [4.78, 5) is 0. The Hall–Kier alpha value is 0.455. The molecule has 1 N–H and O–H groups in total. The molecule has 0 fully saturated rings. The quantitative estimate of drug-likeness (QED) is 0.448. The molecule has 0 heterocycles. The highest BCUT2D eigenvalue weighted by atomic mass is 31.2. The second kappa shape index (κ2) is 3.47. The van der Waals surface area contributed by atoms with Crippen molar-refractivity contribution in [2.75, 3.05) is 18.7 Å². The lowest BCUT2D eigenvalue weighted by atomic mass is 10.7. The van der Waals surface area contributed by atoms with E-state index in [-0.39, 0.29) is 6.35 Å². The van der Waals surface area contributed by atoms with Gasteiger partial charge in [-0.1, -0.05) is 0 Å². The van der Waals surface area contributed by atoms with Gasteiger partial charge in [0.05, 0.1) is 0 Å². The fourth-order valence-electron chi connectivity index (χ4n) is 0.424. The molecule has 0 atom stereocenters. The summed E-state index contributed by atoms with van der Waals surface area (Å²) in [5.41, 5.74) is 0. The monoisotopic (exact) mass is 131 g/mol. The molecule has 0 aromatic rings. The van der Waals surface area contributed by atoms with Gasteiger partial charge in [-0.2, -0.15) is 0 Å². The van der Waals surface area contributed by atoms with Crippen LogP contribution in [0.15, 0.2) is 0 Å². The average Bonchev–Trinajstić information content (AvgIpc) is 1.87. The Balaban J connectivity index is 3.58. The molecule has 0 rings (SSSR count). The third-order valence-corrected chi connectivity index (χ3v) is 4.62. The van der Waals surface area contributed by atoms with E-state index in [0.29, 0.717) is 0 Å². The van der Waals surface area contributed by atoms with E-state index in [4.69, 9.17) is 12.7 Å². The average molecular weight is 131 g/mol. The Kier molecular flexibility index (Phi) is 3.67. The highest BCUT2D eigenvalue weighted by molar-refractivity contribution is 7.97. The summed E-state index contributed by atoms with van der Waals surface area (Å²) < 4.78 is 0. The zero-order valence-corrected chi connectivity index (χ0v) is 6.49. The minimum absolute atomic E-state index is 0.208. The maximum atomic E-state index is 8.71. The minimum atomic E-state index is -1.36. The lowest BCUT2D eigenvalue weighted by Gasteiger charge is -2.31. The van der Waals surface area contributed by atoms with Crippen LogP contribution in [-0.4, -0.2) is 31.3 Å². The zero-order valence-electron chi connectivity index (χ0n) is 5.59. The van der Waals surface area contributed by atoms with Gasteiger partial charge in [-0.15, -0.1) is 0 Å². The Labute approximate surface area is 53.2 Å². The van der Waals surface area contributed by atoms with E-state index in [9.17, 15) is 0 Å². The predicted molar refractivity (Wildman–Crippen MR) is 40.8 cm³/mol. The largest absolute Gasteiger partial charge is 0.366 e. The molecule has 8 heavy (non-hydrogen) atoms. The summed E-state index contributed by atoms with van der Waals surface area (Å²) in [6.07, 6.45) is 2.12. The van der Waals surface area contributed by atoms with Crippen LogP contribution in [0.3, 0.4) is 0 Å². The van der Waals surface area contributed by atoms with Crippen LogP contribution in [0.1, 0.15) is 13.8 Å². The summed E-state index contributed by atoms with van der Waals surface area (Å²) in [7, 11) is 4.40. The van der Waals surface area contributed by atoms with Crippen molar-refractivity contribution in [3.05, 3.63) is 0 Å². The molecular weight excluding hydrogens is 118 g/mol. The summed E-state index contributed by atoms with van der Waals surface area (Å²) in [6, 6.07) is 0. The van der Waals surface area contributed by atoms with E-state index in [2.05, 4.69) is 0 Å². The first-order valence-corrected chi connectivity index (χ1v) is 5.35. The van der Waals surface area contributed by atoms with Crippen molar-refractivity contribution in [2.45, 2.75) is 13.8 Å². The van der Waals surface area contributed by atoms with E-state index in [1.165, 1.54) is 0 Å². The lowest BCUT2D eigenvalue weighted by molar-refractivity contribution is 0.369. The molecule has 1 nitrogen and oxygen atoms in total. The van der Waals surface area contributed by atoms with Crippen molar-refractivity contribution < 1.29 is 5.11 Å². The smallest absolute Gasteiger partial charge is 0.106 e. The molecule has 0 amide bonds. The lowest BCUT2D eigenvalue weighted by Crippen LogP contribution is -2.02. The normalized spacial score (nSPS) is 12.0. The molecule has 47 valence electrons. The Morgan fingerprint density at radius 1 is 1.38 bits per heavy atom. The number of hydrogen-bond acceptors (Lipinski definition) is 1. The van der Waals surface area contributed by atoms with E-state index in [0.717, 1.165) is 12.3 Å². The molecule has 3 heteroatoms. The number of rotatable bonds is 3. The number of aliphatic hydroxyl groups is 1. The molecule has 0 aliphatic carbocycles. The van der Waals surface area contributed by atoms with Gasteiger partial charge in [0.2, 0.25) is 0 Å². The van der Waals surface area contributed by atoms with Gasteiger partial charge in [-0.25, -0.2) is 7.14 Å². The highest BCUT2D eigenvalue weighted by Gasteiger charge is 2.09. The molecule has 0 unspecified atom stereocenters. The first kappa shape index (κ1) is 8.45. The molecule has 3 radical (unpaired) electrons. The van der Waals surface area contributed by atoms with Gasteiger partial charge >= 0.3 is 0 Å². The van der Waals surface area contributed by atoms with E-state index in [1.54, 1.807) is 0 Å². The highest BCUT2D eigenvalue weighted by Crippen LogP contribution is 2.51. The first-order valence-electron chi connectivity index (χ1n) is 2.94. The predicted octanol–water partition coefficient (Wildman–Crippen LogP) is 1.08. The third kappa shape index (κ3) is 2.15. The van der Waals surface area contributed by atoms with Gasteiger partial charge in [0.1, 0.15) is 6.35 Å². The van der Waals surface area contributed by atoms with Crippen LogP contribution in [0.4, 0.5) is 0 Å². The minimum Gasteiger partial charge on any atom is -0.366 e. The topological polar surface area (TPSA) is 20.2 Å². The fourth-order valence-corrected chi connectivity index (χ4v) is 1.27. The Morgan fingerprint density at radius 2 is 1.75 bits per heavy atom. The van der Waals surface area contributed by atoms with E-state index < -0.39 is 7.14 Å². The maximum Gasteiger partial charge on any atom is 0.106 e. The summed E-state index contributed by atoms with van der Waals surface area (Å²) in [6.45, 7) is 4.07. The van der Waals surface area contributed by atoms with Crippen LogP contribution in [0.25, 0.3) is 0 Å². The molecular formula is C5H13BOP. The van der Waals surface area contributed by atoms with Crippen LogP contribution in [-0.2, 0) is 0 Å². The molecule has 0 aromatic heterocycles. The molecule has 0 aliphatic heterocycles. The summed E-state index contributed by atoms with van der Waals surface area (Å²) >= 11 is 0. The van der Waals surface area contributed by atoms with Crippen LogP contribution < -0.4 is 0 Å². The standard InChI is InChI=1S/C5H13BOP/c1-3-8(6,4-2)5-7/h7H,3-5H2,1-2H3. The third-order valence-electron chi connectivity index (χ3n) is 1.54. The molecule has 0 aliphatic rings.